The molecule has 0 atom stereocenters. The molecule has 2 aromatic carbocycles. The van der Waals surface area contributed by atoms with E-state index in [1.807, 2.05) is 24.3 Å². The number of benzene rings is 2. The van der Waals surface area contributed by atoms with Gasteiger partial charge in [0.1, 0.15) is 0 Å². The average molecular weight is 283 g/mol. The second-order valence-electron chi connectivity index (χ2n) is 5.74. The molecule has 1 aliphatic carbocycles. The van der Waals surface area contributed by atoms with Crippen LogP contribution < -0.4 is 15.2 Å². The molecule has 0 aliphatic heterocycles. The van der Waals surface area contributed by atoms with Gasteiger partial charge in [-0.05, 0) is 42.0 Å². The number of rotatable bonds is 4. The summed E-state index contributed by atoms with van der Waals surface area (Å²) in [4.78, 5) is 0. The lowest BCUT2D eigenvalue weighted by Crippen LogP contribution is -2.47. The monoisotopic (exact) mass is 283 g/mol. The van der Waals surface area contributed by atoms with Crippen molar-refractivity contribution < 1.29 is 9.47 Å². The molecule has 3 nitrogen and oxygen atoms in total. The lowest BCUT2D eigenvalue weighted by atomic mass is 9.63. The molecule has 2 N–H and O–H groups in total. The second-order valence-corrected chi connectivity index (χ2v) is 5.74. The highest BCUT2D eigenvalue weighted by atomic mass is 16.5. The van der Waals surface area contributed by atoms with E-state index in [0.717, 1.165) is 29.9 Å². The van der Waals surface area contributed by atoms with Crippen molar-refractivity contribution in [3.05, 3.63) is 59.7 Å². The fourth-order valence-electron chi connectivity index (χ4n) is 3.16. The van der Waals surface area contributed by atoms with Crippen LogP contribution in [0.2, 0.25) is 0 Å². The van der Waals surface area contributed by atoms with Gasteiger partial charge in [-0.1, -0.05) is 36.4 Å². The summed E-state index contributed by atoms with van der Waals surface area (Å²) in [7, 11) is 3.29. The van der Waals surface area contributed by atoms with Crippen LogP contribution in [0.1, 0.15) is 29.9 Å². The first-order valence-electron chi connectivity index (χ1n) is 7.22. The van der Waals surface area contributed by atoms with Gasteiger partial charge >= 0.3 is 0 Å². The van der Waals surface area contributed by atoms with Crippen LogP contribution >= 0.6 is 0 Å². The highest BCUT2D eigenvalue weighted by Gasteiger charge is 2.43. The topological polar surface area (TPSA) is 44.5 Å². The molecule has 1 fully saturated rings. The van der Waals surface area contributed by atoms with E-state index >= 15 is 0 Å². The first-order valence-corrected chi connectivity index (χ1v) is 7.22. The summed E-state index contributed by atoms with van der Waals surface area (Å²) in [6.45, 7) is 0. The van der Waals surface area contributed by atoms with Gasteiger partial charge in [-0.3, -0.25) is 0 Å². The molecule has 2 aromatic rings. The third-order valence-electron chi connectivity index (χ3n) is 4.45. The van der Waals surface area contributed by atoms with Gasteiger partial charge in [-0.15, -0.1) is 0 Å². The van der Waals surface area contributed by atoms with Gasteiger partial charge < -0.3 is 15.2 Å². The Hall–Kier alpha value is -2.00. The van der Waals surface area contributed by atoms with Gasteiger partial charge in [0, 0.05) is 5.54 Å². The van der Waals surface area contributed by atoms with E-state index in [1.165, 1.54) is 5.56 Å². The van der Waals surface area contributed by atoms with Crippen molar-refractivity contribution >= 4 is 0 Å². The van der Waals surface area contributed by atoms with E-state index in [-0.39, 0.29) is 5.54 Å². The van der Waals surface area contributed by atoms with E-state index in [0.29, 0.717) is 5.92 Å². The fraction of sp³-hybridized carbons (Fsp3) is 0.333. The number of hydrogen-bond donors (Lipinski definition) is 1. The zero-order valence-corrected chi connectivity index (χ0v) is 12.5. The minimum atomic E-state index is -0.264. The number of methoxy groups -OCH3 is 2. The number of hydrogen-bond acceptors (Lipinski definition) is 3. The summed E-state index contributed by atoms with van der Waals surface area (Å²) in [5.74, 6) is 2.02. The van der Waals surface area contributed by atoms with Crippen LogP contribution in [0.4, 0.5) is 0 Å². The molecule has 110 valence electrons. The standard InChI is InChI=1S/C18H21NO2/c1-20-16-9-8-15(10-17(16)21-2)18(19)11-14(12-18)13-6-4-3-5-7-13/h3-10,14H,11-12,19H2,1-2H3. The average Bonchev–Trinajstić information content (AvgIpc) is 2.52. The van der Waals surface area contributed by atoms with E-state index in [1.54, 1.807) is 14.2 Å². The fourth-order valence-corrected chi connectivity index (χ4v) is 3.16. The molecule has 3 rings (SSSR count). The summed E-state index contributed by atoms with van der Waals surface area (Å²) in [6.07, 6.45) is 1.93. The molecule has 0 saturated heterocycles. The maximum atomic E-state index is 6.57. The maximum absolute atomic E-state index is 6.57. The molecule has 0 unspecified atom stereocenters. The van der Waals surface area contributed by atoms with Crippen LogP contribution in [0.3, 0.4) is 0 Å². The Bertz CT molecular complexity index is 618. The molecule has 3 heteroatoms. The van der Waals surface area contributed by atoms with Crippen molar-refractivity contribution in [1.82, 2.24) is 0 Å². The highest BCUT2D eigenvalue weighted by molar-refractivity contribution is 5.46. The minimum absolute atomic E-state index is 0.264. The van der Waals surface area contributed by atoms with Gasteiger partial charge in [-0.2, -0.15) is 0 Å². The van der Waals surface area contributed by atoms with Crippen molar-refractivity contribution in [2.24, 2.45) is 5.73 Å². The summed E-state index contributed by atoms with van der Waals surface area (Å²) >= 11 is 0. The Morgan fingerprint density at radius 1 is 0.952 bits per heavy atom. The summed E-state index contributed by atoms with van der Waals surface area (Å²) in [5, 5.41) is 0. The predicted molar refractivity (Wildman–Crippen MR) is 83.8 cm³/mol. The Kier molecular flexibility index (Phi) is 3.60. The van der Waals surface area contributed by atoms with Crippen molar-refractivity contribution in [2.45, 2.75) is 24.3 Å². The van der Waals surface area contributed by atoms with Crippen LogP contribution in [0.15, 0.2) is 48.5 Å². The SMILES string of the molecule is COc1ccc(C2(N)CC(c3ccccc3)C2)cc1OC. The van der Waals surface area contributed by atoms with Gasteiger partial charge in [0.2, 0.25) is 0 Å². The van der Waals surface area contributed by atoms with Gasteiger partial charge in [0.05, 0.1) is 14.2 Å². The predicted octanol–water partition coefficient (Wildman–Crippen LogP) is 3.44. The van der Waals surface area contributed by atoms with E-state index < -0.39 is 0 Å². The van der Waals surface area contributed by atoms with E-state index in [2.05, 4.69) is 24.3 Å². The molecular weight excluding hydrogens is 262 g/mol. The van der Waals surface area contributed by atoms with Crippen LogP contribution in [0, 0.1) is 0 Å². The van der Waals surface area contributed by atoms with Crippen LogP contribution in [0.25, 0.3) is 0 Å². The van der Waals surface area contributed by atoms with Gasteiger partial charge in [-0.25, -0.2) is 0 Å². The lowest BCUT2D eigenvalue weighted by molar-refractivity contribution is 0.208. The third kappa shape index (κ3) is 2.49. The smallest absolute Gasteiger partial charge is 0.161 e. The summed E-state index contributed by atoms with van der Waals surface area (Å²) in [5.41, 5.74) is 8.80. The first kappa shape index (κ1) is 14.0. The maximum Gasteiger partial charge on any atom is 0.161 e. The minimum Gasteiger partial charge on any atom is -0.493 e. The van der Waals surface area contributed by atoms with E-state index in [4.69, 9.17) is 15.2 Å². The second kappa shape index (κ2) is 5.41. The van der Waals surface area contributed by atoms with Gasteiger partial charge in [0.15, 0.2) is 11.5 Å². The summed E-state index contributed by atoms with van der Waals surface area (Å²) in [6, 6.07) is 16.6. The zero-order chi connectivity index (χ0) is 14.9. The largest absolute Gasteiger partial charge is 0.493 e. The number of nitrogens with two attached hydrogens (primary N) is 1. The quantitative estimate of drug-likeness (QED) is 0.935. The molecule has 0 bridgehead atoms. The first-order chi connectivity index (χ1) is 10.2. The van der Waals surface area contributed by atoms with Gasteiger partial charge in [0.25, 0.3) is 0 Å². The Balaban J connectivity index is 1.79. The van der Waals surface area contributed by atoms with Crippen LogP contribution in [0.5, 0.6) is 11.5 Å². The molecule has 0 heterocycles. The zero-order valence-electron chi connectivity index (χ0n) is 12.5. The van der Waals surface area contributed by atoms with Crippen LogP contribution in [-0.2, 0) is 5.54 Å². The Morgan fingerprint density at radius 2 is 1.62 bits per heavy atom. The molecule has 1 saturated carbocycles. The summed E-state index contributed by atoms with van der Waals surface area (Å²) < 4.78 is 10.7. The molecule has 21 heavy (non-hydrogen) atoms. The van der Waals surface area contributed by atoms with Crippen molar-refractivity contribution in [1.29, 1.82) is 0 Å². The lowest BCUT2D eigenvalue weighted by Gasteiger charge is -2.46. The highest BCUT2D eigenvalue weighted by Crippen LogP contribution is 2.50. The Morgan fingerprint density at radius 3 is 2.24 bits per heavy atom. The molecule has 0 radical (unpaired) electrons. The van der Waals surface area contributed by atoms with E-state index in [9.17, 15) is 0 Å². The van der Waals surface area contributed by atoms with Crippen molar-refractivity contribution in [3.63, 3.8) is 0 Å². The van der Waals surface area contributed by atoms with Crippen LogP contribution in [-0.4, -0.2) is 14.2 Å². The molecular formula is C18H21NO2. The van der Waals surface area contributed by atoms with Crippen molar-refractivity contribution in [2.75, 3.05) is 14.2 Å². The molecule has 1 aliphatic rings. The Labute approximate surface area is 125 Å². The number of ether oxygens (including phenoxy) is 2. The third-order valence-corrected chi connectivity index (χ3v) is 4.45. The molecule has 0 spiro atoms. The molecule has 0 amide bonds. The van der Waals surface area contributed by atoms with Crippen molar-refractivity contribution in [3.8, 4) is 11.5 Å². The molecule has 0 aromatic heterocycles. The normalized spacial score (nSPS) is 24.2.